The summed E-state index contributed by atoms with van der Waals surface area (Å²) in [6.07, 6.45) is 5.82. The van der Waals surface area contributed by atoms with Gasteiger partial charge in [-0.15, -0.1) is 0 Å². The molecule has 3 aliphatic heterocycles. The van der Waals surface area contributed by atoms with Crippen molar-refractivity contribution in [3.05, 3.63) is 52.8 Å². The Hall–Kier alpha value is -2.49. The number of anilines is 2. The van der Waals surface area contributed by atoms with Crippen molar-refractivity contribution in [2.24, 2.45) is 11.8 Å². The SMILES string of the molecule is CCN1C2CCC1CC(Cc1cc(F)ccc1N(c1ccc3c(c1C(=O)O)OC[C@@H]1C[C@H]31)S(=O)[O-])C2. The van der Waals surface area contributed by atoms with Crippen molar-refractivity contribution in [1.82, 2.24) is 4.90 Å². The van der Waals surface area contributed by atoms with E-state index in [1.807, 2.05) is 0 Å². The first-order valence-corrected chi connectivity index (χ1v) is 13.9. The van der Waals surface area contributed by atoms with Gasteiger partial charge in [0.05, 0.1) is 29.2 Å². The fraction of sp³-hybridized carbons (Fsp3) is 0.519. The molecule has 0 aromatic heterocycles. The third-order valence-corrected chi connectivity index (χ3v) is 9.32. The molecule has 6 rings (SSSR count). The van der Waals surface area contributed by atoms with Crippen LogP contribution in [0.5, 0.6) is 5.75 Å². The highest BCUT2D eigenvalue weighted by Crippen LogP contribution is 2.56. The number of ether oxygens (including phenoxy) is 1. The van der Waals surface area contributed by atoms with Gasteiger partial charge < -0.3 is 14.4 Å². The Balaban J connectivity index is 1.39. The van der Waals surface area contributed by atoms with Crippen LogP contribution in [0.1, 0.15) is 66.4 Å². The van der Waals surface area contributed by atoms with E-state index in [1.54, 1.807) is 12.1 Å². The smallest absolute Gasteiger partial charge is 0.341 e. The van der Waals surface area contributed by atoms with Crippen molar-refractivity contribution in [3.63, 3.8) is 0 Å². The predicted octanol–water partition coefficient (Wildman–Crippen LogP) is 4.76. The molecule has 2 bridgehead atoms. The molecule has 1 N–H and O–H groups in total. The summed E-state index contributed by atoms with van der Waals surface area (Å²) in [5.41, 5.74) is 1.54. The van der Waals surface area contributed by atoms with Gasteiger partial charge in [0.2, 0.25) is 0 Å². The number of rotatable bonds is 7. The summed E-state index contributed by atoms with van der Waals surface area (Å²) < 4.78 is 46.5. The fourth-order valence-corrected chi connectivity index (χ4v) is 7.65. The Bertz CT molecular complexity index is 1220. The Morgan fingerprint density at radius 2 is 1.92 bits per heavy atom. The van der Waals surface area contributed by atoms with Crippen LogP contribution in [0.25, 0.3) is 0 Å². The number of benzene rings is 2. The molecule has 0 spiro atoms. The number of aromatic carboxylic acids is 1. The first kappa shape index (κ1) is 23.9. The topological polar surface area (TPSA) is 93.1 Å². The highest BCUT2D eigenvalue weighted by molar-refractivity contribution is 7.81. The van der Waals surface area contributed by atoms with Crippen molar-refractivity contribution in [1.29, 1.82) is 0 Å². The van der Waals surface area contributed by atoms with Crippen molar-refractivity contribution in [2.75, 3.05) is 17.5 Å². The van der Waals surface area contributed by atoms with E-state index < -0.39 is 23.1 Å². The second kappa shape index (κ2) is 9.11. The molecular weight excluding hydrogens is 483 g/mol. The zero-order valence-electron chi connectivity index (χ0n) is 20.2. The number of fused-ring (bicyclic) bond motifs is 5. The normalized spacial score (nSPS) is 29.1. The minimum atomic E-state index is -2.83. The lowest BCUT2D eigenvalue weighted by molar-refractivity contribution is 0.0692. The van der Waals surface area contributed by atoms with Gasteiger partial charge in [-0.2, -0.15) is 0 Å². The Kier molecular flexibility index (Phi) is 6.05. The molecule has 5 atom stereocenters. The number of carbonyl (C=O) groups is 1. The van der Waals surface area contributed by atoms with Crippen LogP contribution >= 0.6 is 0 Å². The van der Waals surface area contributed by atoms with Gasteiger partial charge >= 0.3 is 5.97 Å². The van der Waals surface area contributed by atoms with E-state index in [0.717, 1.165) is 35.7 Å². The number of nitrogens with zero attached hydrogens (tertiary/aromatic N) is 2. The number of piperidine rings is 1. The molecule has 1 saturated carbocycles. The maximum absolute atomic E-state index is 14.4. The molecule has 3 heterocycles. The lowest BCUT2D eigenvalue weighted by Crippen LogP contribution is -2.43. The van der Waals surface area contributed by atoms with E-state index >= 15 is 0 Å². The van der Waals surface area contributed by atoms with Crippen molar-refractivity contribution in [3.8, 4) is 5.75 Å². The van der Waals surface area contributed by atoms with Crippen LogP contribution in [0.2, 0.25) is 0 Å². The number of hydrogen-bond acceptors (Lipinski definition) is 5. The number of halogens is 1. The third-order valence-electron chi connectivity index (χ3n) is 8.63. The van der Waals surface area contributed by atoms with Crippen molar-refractivity contribution in [2.45, 2.75) is 63.5 Å². The first-order chi connectivity index (χ1) is 17.4. The lowest BCUT2D eigenvalue weighted by Gasteiger charge is -2.39. The molecule has 1 aliphatic carbocycles. The van der Waals surface area contributed by atoms with E-state index in [1.165, 1.54) is 31.0 Å². The number of hydrogen-bond donors (Lipinski definition) is 1. The molecule has 7 nitrogen and oxygen atoms in total. The average Bonchev–Trinajstić information content (AvgIpc) is 3.59. The molecule has 3 unspecified atom stereocenters. The molecule has 4 aliphatic rings. The molecule has 36 heavy (non-hydrogen) atoms. The summed E-state index contributed by atoms with van der Waals surface area (Å²) in [6.45, 7) is 3.64. The lowest BCUT2D eigenvalue weighted by atomic mass is 9.85. The standard InChI is InChI=1S/C27H31FN2O5S/c1-2-29-19-4-5-20(29)11-15(10-19)9-16-12-18(28)3-7-23(16)30(36(33)34)24-8-6-21-22-13-17(22)14-35-26(21)25(24)27(31)32/h3,6-8,12,15,17,19-20,22H,2,4-5,9-11,13-14H2,1H3,(H,31,32)(H,33,34)/p-1/t15?,17-,19?,20?,22-/m0/s1. The van der Waals surface area contributed by atoms with E-state index in [4.69, 9.17) is 4.74 Å². The first-order valence-electron chi connectivity index (χ1n) is 12.8. The number of carboxylic acid groups (broad SMARTS) is 1. The van der Waals surface area contributed by atoms with Crippen LogP contribution in [0.3, 0.4) is 0 Å². The quantitative estimate of drug-likeness (QED) is 0.537. The van der Waals surface area contributed by atoms with E-state index in [2.05, 4.69) is 11.8 Å². The van der Waals surface area contributed by atoms with E-state index in [9.17, 15) is 23.1 Å². The minimum absolute atomic E-state index is 0.0161. The molecule has 2 aromatic carbocycles. The average molecular weight is 514 g/mol. The Morgan fingerprint density at radius 3 is 2.58 bits per heavy atom. The van der Waals surface area contributed by atoms with Crippen LogP contribution in [-0.4, -0.2) is 50.0 Å². The van der Waals surface area contributed by atoms with Crippen LogP contribution in [0.4, 0.5) is 15.8 Å². The summed E-state index contributed by atoms with van der Waals surface area (Å²) >= 11 is -2.83. The highest BCUT2D eigenvalue weighted by atomic mass is 32.2. The number of carboxylic acids is 1. The molecule has 2 saturated heterocycles. The molecule has 9 heteroatoms. The fourth-order valence-electron chi connectivity index (χ4n) is 7.00. The maximum Gasteiger partial charge on any atom is 0.341 e. The van der Waals surface area contributed by atoms with Gasteiger partial charge in [0.1, 0.15) is 17.1 Å². The minimum Gasteiger partial charge on any atom is -0.755 e. The zero-order chi connectivity index (χ0) is 25.1. The van der Waals surface area contributed by atoms with Crippen LogP contribution < -0.4 is 9.04 Å². The molecule has 3 fully saturated rings. The molecule has 0 radical (unpaired) electrons. The highest BCUT2D eigenvalue weighted by Gasteiger charge is 2.46. The molecule has 192 valence electrons. The summed E-state index contributed by atoms with van der Waals surface area (Å²) in [7, 11) is 0. The zero-order valence-corrected chi connectivity index (χ0v) is 21.0. The van der Waals surface area contributed by atoms with Gasteiger partial charge in [-0.1, -0.05) is 13.0 Å². The molecular formula is C27H30FN2O5S-. The summed E-state index contributed by atoms with van der Waals surface area (Å²) in [6, 6.07) is 8.43. The Labute approximate surface area is 212 Å². The Morgan fingerprint density at radius 1 is 1.19 bits per heavy atom. The molecule has 2 aromatic rings. The third kappa shape index (κ3) is 4.01. The second-order valence-corrected chi connectivity index (χ2v) is 11.4. The van der Waals surface area contributed by atoms with E-state index in [0.29, 0.717) is 42.5 Å². The molecule has 0 amide bonds. The predicted molar refractivity (Wildman–Crippen MR) is 133 cm³/mol. The van der Waals surface area contributed by atoms with Crippen LogP contribution in [0, 0.1) is 17.7 Å². The van der Waals surface area contributed by atoms with E-state index in [-0.39, 0.29) is 28.6 Å². The van der Waals surface area contributed by atoms with Gasteiger partial charge in [-0.25, -0.2) is 9.18 Å². The van der Waals surface area contributed by atoms with Gasteiger partial charge in [-0.3, -0.25) is 13.4 Å². The van der Waals surface area contributed by atoms with Gasteiger partial charge in [0.25, 0.3) is 0 Å². The largest absolute Gasteiger partial charge is 0.755 e. The summed E-state index contributed by atoms with van der Waals surface area (Å²) in [5.74, 6) is -0.465. The second-order valence-electron chi connectivity index (χ2n) is 10.6. The van der Waals surface area contributed by atoms with Gasteiger partial charge in [-0.05, 0) is 92.3 Å². The summed E-state index contributed by atoms with van der Waals surface area (Å²) in [4.78, 5) is 14.9. The van der Waals surface area contributed by atoms with Crippen molar-refractivity contribution < 1.29 is 27.8 Å². The monoisotopic (exact) mass is 513 g/mol. The van der Waals surface area contributed by atoms with Gasteiger partial charge in [0.15, 0.2) is 0 Å². The van der Waals surface area contributed by atoms with Crippen LogP contribution in [0.15, 0.2) is 30.3 Å². The van der Waals surface area contributed by atoms with Crippen molar-refractivity contribution >= 4 is 28.6 Å². The van der Waals surface area contributed by atoms with Gasteiger partial charge in [0, 0.05) is 18.0 Å². The maximum atomic E-state index is 14.4. The summed E-state index contributed by atoms with van der Waals surface area (Å²) in [5, 5.41) is 10.1. The van der Waals surface area contributed by atoms with Crippen LogP contribution in [-0.2, 0) is 17.7 Å².